The maximum absolute atomic E-state index is 12.1. The first kappa shape index (κ1) is 17.0. The van der Waals surface area contributed by atoms with Crippen molar-refractivity contribution in [2.24, 2.45) is 11.1 Å². The summed E-state index contributed by atoms with van der Waals surface area (Å²) in [7, 11) is 0. The molecule has 0 saturated carbocycles. The van der Waals surface area contributed by atoms with Crippen LogP contribution in [0.15, 0.2) is 30.3 Å². The van der Waals surface area contributed by atoms with E-state index in [1.54, 1.807) is 0 Å². The molecule has 1 aliphatic rings. The Kier molecular flexibility index (Phi) is 6.40. The van der Waals surface area contributed by atoms with Crippen molar-refractivity contribution in [1.82, 2.24) is 4.90 Å². The van der Waals surface area contributed by atoms with Crippen LogP contribution in [0, 0.1) is 5.41 Å². The largest absolute Gasteiger partial charge is 0.381 e. The average Bonchev–Trinajstić information content (AvgIpc) is 2.95. The third kappa shape index (κ3) is 5.11. The first-order chi connectivity index (χ1) is 10.6. The molecule has 0 aliphatic carbocycles. The summed E-state index contributed by atoms with van der Waals surface area (Å²) in [6.07, 6.45) is 3.31. The molecule has 1 amide bonds. The van der Waals surface area contributed by atoms with Gasteiger partial charge in [0.25, 0.3) is 0 Å². The topological polar surface area (TPSA) is 55.6 Å². The van der Waals surface area contributed by atoms with Gasteiger partial charge in [-0.3, -0.25) is 4.79 Å². The summed E-state index contributed by atoms with van der Waals surface area (Å²) < 4.78 is 5.62. The molecule has 0 aromatic heterocycles. The second-order valence-electron chi connectivity index (χ2n) is 6.53. The van der Waals surface area contributed by atoms with Crippen LogP contribution in [0.2, 0.25) is 0 Å². The third-order valence-corrected chi connectivity index (χ3v) is 4.46. The molecule has 0 bridgehead atoms. The fourth-order valence-electron chi connectivity index (χ4n) is 2.82. The lowest BCUT2D eigenvalue weighted by Gasteiger charge is -2.22. The maximum Gasteiger partial charge on any atom is 0.222 e. The van der Waals surface area contributed by atoms with E-state index in [9.17, 15) is 4.79 Å². The summed E-state index contributed by atoms with van der Waals surface area (Å²) in [5.41, 5.74) is 7.18. The van der Waals surface area contributed by atoms with Crippen LogP contribution >= 0.6 is 0 Å². The molecule has 22 heavy (non-hydrogen) atoms. The fraction of sp³-hybridized carbons (Fsp3) is 0.611. The lowest BCUT2D eigenvalue weighted by Crippen LogP contribution is -2.34. The van der Waals surface area contributed by atoms with E-state index in [4.69, 9.17) is 10.5 Å². The van der Waals surface area contributed by atoms with Crippen molar-refractivity contribution >= 4 is 5.91 Å². The van der Waals surface area contributed by atoms with Crippen molar-refractivity contribution in [2.45, 2.75) is 32.6 Å². The lowest BCUT2D eigenvalue weighted by molar-refractivity contribution is -0.130. The number of ether oxygens (including phenoxy) is 1. The van der Waals surface area contributed by atoms with Gasteiger partial charge in [-0.05, 0) is 36.8 Å². The summed E-state index contributed by atoms with van der Waals surface area (Å²) in [6, 6.07) is 10.3. The molecule has 1 unspecified atom stereocenters. The highest BCUT2D eigenvalue weighted by atomic mass is 16.5. The molecule has 1 saturated heterocycles. The Morgan fingerprint density at radius 2 is 2.09 bits per heavy atom. The van der Waals surface area contributed by atoms with E-state index < -0.39 is 0 Å². The Hall–Kier alpha value is -1.39. The number of hydrogen-bond donors (Lipinski definition) is 1. The zero-order valence-corrected chi connectivity index (χ0v) is 13.6. The molecular weight excluding hydrogens is 276 g/mol. The van der Waals surface area contributed by atoms with Crippen LogP contribution in [0.4, 0.5) is 0 Å². The van der Waals surface area contributed by atoms with E-state index in [1.807, 2.05) is 23.1 Å². The molecule has 1 aromatic rings. The Morgan fingerprint density at radius 1 is 1.32 bits per heavy atom. The van der Waals surface area contributed by atoms with Crippen LogP contribution in [-0.2, 0) is 16.0 Å². The minimum absolute atomic E-state index is 0.113. The normalized spacial score (nSPS) is 21.3. The van der Waals surface area contributed by atoms with E-state index in [2.05, 4.69) is 19.1 Å². The third-order valence-electron chi connectivity index (χ3n) is 4.46. The molecule has 1 fully saturated rings. The first-order valence-corrected chi connectivity index (χ1v) is 8.22. The van der Waals surface area contributed by atoms with Crippen LogP contribution in [0.5, 0.6) is 0 Å². The molecule has 1 aliphatic heterocycles. The predicted octanol–water partition coefficient (Wildman–Crippen LogP) is 2.22. The number of nitrogens with two attached hydrogens (primary N) is 1. The minimum Gasteiger partial charge on any atom is -0.381 e. The van der Waals surface area contributed by atoms with E-state index in [-0.39, 0.29) is 11.3 Å². The van der Waals surface area contributed by atoms with Crippen LogP contribution in [0.3, 0.4) is 0 Å². The highest BCUT2D eigenvalue weighted by molar-refractivity contribution is 5.76. The molecule has 1 atom stereocenters. The summed E-state index contributed by atoms with van der Waals surface area (Å²) in [5, 5.41) is 0. The van der Waals surface area contributed by atoms with Gasteiger partial charge in [0.15, 0.2) is 0 Å². The Morgan fingerprint density at radius 3 is 2.77 bits per heavy atom. The average molecular weight is 304 g/mol. The number of rotatable bonds is 8. The molecule has 1 heterocycles. The van der Waals surface area contributed by atoms with Gasteiger partial charge >= 0.3 is 0 Å². The van der Waals surface area contributed by atoms with Crippen molar-refractivity contribution in [3.8, 4) is 0 Å². The summed E-state index contributed by atoms with van der Waals surface area (Å²) >= 11 is 0. The van der Waals surface area contributed by atoms with E-state index in [0.29, 0.717) is 26.2 Å². The van der Waals surface area contributed by atoms with Gasteiger partial charge in [-0.25, -0.2) is 0 Å². The molecule has 0 spiro atoms. The van der Waals surface area contributed by atoms with Gasteiger partial charge in [0.2, 0.25) is 5.91 Å². The highest BCUT2D eigenvalue weighted by Crippen LogP contribution is 2.28. The second kappa shape index (κ2) is 8.30. The lowest BCUT2D eigenvalue weighted by atomic mass is 9.90. The Labute approximate surface area is 133 Å². The van der Waals surface area contributed by atoms with E-state index in [0.717, 1.165) is 32.4 Å². The fourth-order valence-corrected chi connectivity index (χ4v) is 2.82. The van der Waals surface area contributed by atoms with Gasteiger partial charge in [0.05, 0.1) is 6.61 Å². The molecule has 1 aromatic carbocycles. The van der Waals surface area contributed by atoms with E-state index in [1.165, 1.54) is 5.56 Å². The molecule has 4 heteroatoms. The number of benzene rings is 1. The van der Waals surface area contributed by atoms with Crippen molar-refractivity contribution in [2.75, 3.05) is 32.8 Å². The van der Waals surface area contributed by atoms with Crippen LogP contribution in [0.25, 0.3) is 0 Å². The smallest absolute Gasteiger partial charge is 0.222 e. The summed E-state index contributed by atoms with van der Waals surface area (Å²) in [6.45, 7) is 5.83. The monoisotopic (exact) mass is 304 g/mol. The van der Waals surface area contributed by atoms with Gasteiger partial charge in [0, 0.05) is 26.1 Å². The maximum atomic E-state index is 12.1. The SMILES string of the molecule is CC1(CN)CCN(C(=O)CCCOCCc2ccccc2)C1. The highest BCUT2D eigenvalue weighted by Gasteiger charge is 2.34. The molecular formula is C18H28N2O2. The van der Waals surface area contributed by atoms with Crippen LogP contribution < -0.4 is 5.73 Å². The van der Waals surface area contributed by atoms with Crippen molar-refractivity contribution in [3.05, 3.63) is 35.9 Å². The number of carbonyl (C=O) groups excluding carboxylic acids is 1. The predicted molar refractivity (Wildman–Crippen MR) is 88.6 cm³/mol. The second-order valence-corrected chi connectivity index (χ2v) is 6.53. The van der Waals surface area contributed by atoms with Crippen molar-refractivity contribution in [3.63, 3.8) is 0 Å². The molecule has 0 radical (unpaired) electrons. The van der Waals surface area contributed by atoms with Crippen molar-refractivity contribution < 1.29 is 9.53 Å². The zero-order valence-electron chi connectivity index (χ0n) is 13.6. The number of nitrogens with zero attached hydrogens (tertiary/aromatic N) is 1. The number of carbonyl (C=O) groups is 1. The van der Waals surface area contributed by atoms with E-state index >= 15 is 0 Å². The molecule has 2 rings (SSSR count). The first-order valence-electron chi connectivity index (χ1n) is 8.22. The molecule has 122 valence electrons. The molecule has 2 N–H and O–H groups in total. The quantitative estimate of drug-likeness (QED) is 0.749. The summed E-state index contributed by atoms with van der Waals surface area (Å²) in [5.74, 6) is 0.240. The van der Waals surface area contributed by atoms with Gasteiger partial charge in [0.1, 0.15) is 0 Å². The number of likely N-dealkylation sites (tertiary alicyclic amines) is 1. The van der Waals surface area contributed by atoms with Gasteiger partial charge in [-0.2, -0.15) is 0 Å². The van der Waals surface area contributed by atoms with Crippen LogP contribution in [0.1, 0.15) is 31.7 Å². The minimum atomic E-state index is 0.113. The standard InChI is InChI=1S/C18H28N2O2/c1-18(14-19)10-11-20(15-18)17(21)8-5-12-22-13-9-16-6-3-2-4-7-16/h2-4,6-7H,5,8-15,19H2,1H3. The zero-order chi connectivity index (χ0) is 15.8. The summed E-state index contributed by atoms with van der Waals surface area (Å²) in [4.78, 5) is 14.1. The number of hydrogen-bond acceptors (Lipinski definition) is 3. The Bertz CT molecular complexity index is 463. The van der Waals surface area contributed by atoms with Gasteiger partial charge < -0.3 is 15.4 Å². The van der Waals surface area contributed by atoms with Gasteiger partial charge in [-0.1, -0.05) is 37.3 Å². The van der Waals surface area contributed by atoms with Crippen molar-refractivity contribution in [1.29, 1.82) is 0 Å². The van der Waals surface area contributed by atoms with Gasteiger partial charge in [-0.15, -0.1) is 0 Å². The number of amides is 1. The molecule has 4 nitrogen and oxygen atoms in total. The Balaban J connectivity index is 1.54. The van der Waals surface area contributed by atoms with Crippen LogP contribution in [-0.4, -0.2) is 43.7 Å².